The molecule has 0 radical (unpaired) electrons. The van der Waals surface area contributed by atoms with E-state index in [9.17, 15) is 4.79 Å². The van der Waals surface area contributed by atoms with Gasteiger partial charge in [-0.15, -0.1) is 0 Å². The summed E-state index contributed by atoms with van der Waals surface area (Å²) in [5.41, 5.74) is 4.80. The summed E-state index contributed by atoms with van der Waals surface area (Å²) in [6.07, 6.45) is 5.53. The second kappa shape index (κ2) is 9.11. The summed E-state index contributed by atoms with van der Waals surface area (Å²) >= 11 is 0. The third-order valence-corrected chi connectivity index (χ3v) is 5.34. The van der Waals surface area contributed by atoms with Gasteiger partial charge in [0.15, 0.2) is 11.5 Å². The van der Waals surface area contributed by atoms with Crippen LogP contribution in [0.3, 0.4) is 0 Å². The Hall–Kier alpha value is -4.59. The minimum atomic E-state index is -0.510. The van der Waals surface area contributed by atoms with Gasteiger partial charge in [-0.2, -0.15) is 5.10 Å². The first-order valence-electron chi connectivity index (χ1n) is 10.6. The highest BCUT2D eigenvalue weighted by Gasteiger charge is 2.16. The number of benzene rings is 2. The van der Waals surface area contributed by atoms with Crippen LogP contribution in [0.15, 0.2) is 79.3 Å². The molecule has 168 valence electrons. The fourth-order valence-electron chi connectivity index (χ4n) is 3.74. The normalized spacial score (nSPS) is 10.9. The summed E-state index contributed by atoms with van der Waals surface area (Å²) in [5.74, 6) is 0.541. The van der Waals surface area contributed by atoms with Crippen molar-refractivity contribution < 1.29 is 14.3 Å². The highest BCUT2D eigenvalue weighted by atomic mass is 16.5. The molecular weight excluding hydrogens is 430 g/mol. The number of aromatic nitrogens is 5. The van der Waals surface area contributed by atoms with Gasteiger partial charge < -0.3 is 9.47 Å². The van der Waals surface area contributed by atoms with E-state index in [1.165, 1.54) is 7.11 Å². The highest BCUT2D eigenvalue weighted by molar-refractivity contribution is 6.01. The summed E-state index contributed by atoms with van der Waals surface area (Å²) in [4.78, 5) is 25.2. The number of esters is 1. The maximum Gasteiger partial charge on any atom is 0.357 e. The van der Waals surface area contributed by atoms with E-state index in [1.54, 1.807) is 23.1 Å². The van der Waals surface area contributed by atoms with E-state index in [0.717, 1.165) is 22.4 Å². The first kappa shape index (κ1) is 21.3. The Kier molecular flexibility index (Phi) is 5.70. The molecule has 0 amide bonds. The van der Waals surface area contributed by atoms with E-state index in [0.29, 0.717) is 22.5 Å². The Morgan fingerprint density at radius 3 is 2.47 bits per heavy atom. The summed E-state index contributed by atoms with van der Waals surface area (Å²) < 4.78 is 12.6. The van der Waals surface area contributed by atoms with Gasteiger partial charge in [0.25, 0.3) is 0 Å². The summed E-state index contributed by atoms with van der Waals surface area (Å²) in [6, 6.07) is 18.9. The molecule has 2 aromatic carbocycles. The molecule has 0 unspecified atom stereocenters. The van der Waals surface area contributed by atoms with Crippen molar-refractivity contribution in [3.05, 3.63) is 90.8 Å². The number of para-hydroxylation sites is 1. The average molecular weight is 451 g/mol. The van der Waals surface area contributed by atoms with E-state index < -0.39 is 5.97 Å². The number of rotatable bonds is 6. The first-order chi connectivity index (χ1) is 16.6. The fourth-order valence-corrected chi connectivity index (χ4v) is 3.74. The molecule has 0 spiro atoms. The minimum Gasteiger partial charge on any atom is -0.486 e. The number of pyridine rings is 1. The zero-order valence-corrected chi connectivity index (χ0v) is 18.7. The molecular formula is C26H21N5O3. The zero-order chi connectivity index (χ0) is 23.5. The van der Waals surface area contributed by atoms with Crippen molar-refractivity contribution in [2.45, 2.75) is 6.61 Å². The predicted molar refractivity (Wildman–Crippen MR) is 127 cm³/mol. The van der Waals surface area contributed by atoms with E-state index in [4.69, 9.17) is 9.47 Å². The van der Waals surface area contributed by atoms with Crippen LogP contribution >= 0.6 is 0 Å². The first-order valence-corrected chi connectivity index (χ1v) is 10.6. The Labute approximate surface area is 195 Å². The quantitative estimate of drug-likeness (QED) is 0.352. The molecule has 0 aliphatic carbocycles. The van der Waals surface area contributed by atoms with Crippen molar-refractivity contribution >= 4 is 16.9 Å². The molecule has 8 heteroatoms. The molecule has 0 saturated carbocycles. The van der Waals surface area contributed by atoms with Crippen molar-refractivity contribution in [3.8, 4) is 28.1 Å². The Balaban J connectivity index is 1.37. The third-order valence-electron chi connectivity index (χ3n) is 5.34. The summed E-state index contributed by atoms with van der Waals surface area (Å²) in [5, 5.41) is 5.28. The Morgan fingerprint density at radius 1 is 0.941 bits per heavy atom. The van der Waals surface area contributed by atoms with E-state index in [1.807, 2.05) is 67.8 Å². The minimum absolute atomic E-state index is 0.111. The van der Waals surface area contributed by atoms with Crippen LogP contribution in [0.2, 0.25) is 0 Å². The third kappa shape index (κ3) is 4.21. The van der Waals surface area contributed by atoms with E-state index >= 15 is 0 Å². The molecule has 0 saturated heterocycles. The molecule has 0 aliphatic rings. The maximum atomic E-state index is 12.2. The number of nitrogens with zero attached hydrogens (tertiary/aromatic N) is 5. The SMILES string of the molecule is COC(=O)c1nc(COc2ccc(-c3nn(C)cc3-c3ccncc3)cc2)nc2ccccc12. The standard InChI is InChI=1S/C26H21N5O3/c1-31-15-21(17-11-13-27-14-12-17)24(30-31)18-7-9-19(10-8-18)34-16-23-28-22-6-4-3-5-20(22)25(29-23)26(32)33-2/h3-15H,16H2,1-2H3. The number of aryl methyl sites for hydroxylation is 1. The number of ether oxygens (including phenoxy) is 2. The summed E-state index contributed by atoms with van der Waals surface area (Å²) in [6.45, 7) is 0.111. The molecule has 3 aromatic heterocycles. The Morgan fingerprint density at radius 2 is 1.71 bits per heavy atom. The monoisotopic (exact) mass is 451 g/mol. The van der Waals surface area contributed by atoms with Gasteiger partial charge in [0.1, 0.15) is 18.1 Å². The molecule has 0 bridgehead atoms. The molecule has 0 fully saturated rings. The van der Waals surface area contributed by atoms with Gasteiger partial charge in [-0.1, -0.05) is 18.2 Å². The average Bonchev–Trinajstić information content (AvgIpc) is 3.29. The Bertz CT molecular complexity index is 1460. The van der Waals surface area contributed by atoms with Crippen molar-refractivity contribution in [3.63, 3.8) is 0 Å². The van der Waals surface area contributed by atoms with Crippen molar-refractivity contribution in [2.24, 2.45) is 7.05 Å². The maximum absolute atomic E-state index is 12.2. The van der Waals surface area contributed by atoms with Crippen LogP contribution in [0.25, 0.3) is 33.3 Å². The van der Waals surface area contributed by atoms with Gasteiger partial charge in [0.2, 0.25) is 0 Å². The van der Waals surface area contributed by atoms with Crippen LogP contribution in [0.5, 0.6) is 5.75 Å². The van der Waals surface area contributed by atoms with Crippen molar-refractivity contribution in [1.82, 2.24) is 24.7 Å². The molecule has 3 heterocycles. The van der Waals surface area contributed by atoms with E-state index in [-0.39, 0.29) is 12.3 Å². The lowest BCUT2D eigenvalue weighted by atomic mass is 10.0. The summed E-state index contributed by atoms with van der Waals surface area (Å²) in [7, 11) is 3.23. The van der Waals surface area contributed by atoms with Crippen LogP contribution in [0.4, 0.5) is 0 Å². The van der Waals surface area contributed by atoms with Gasteiger partial charge in [-0.05, 0) is 48.0 Å². The number of carbonyl (C=O) groups is 1. The number of fused-ring (bicyclic) bond motifs is 1. The number of hydrogen-bond donors (Lipinski definition) is 0. The van der Waals surface area contributed by atoms with Gasteiger partial charge in [-0.25, -0.2) is 14.8 Å². The van der Waals surface area contributed by atoms with Gasteiger partial charge >= 0.3 is 5.97 Å². The van der Waals surface area contributed by atoms with Crippen molar-refractivity contribution in [1.29, 1.82) is 0 Å². The molecule has 8 nitrogen and oxygen atoms in total. The molecule has 0 N–H and O–H groups in total. The number of hydrogen-bond acceptors (Lipinski definition) is 7. The predicted octanol–water partition coefficient (Wildman–Crippen LogP) is 4.46. The number of methoxy groups -OCH3 is 1. The van der Waals surface area contributed by atoms with Gasteiger partial charge in [-0.3, -0.25) is 9.67 Å². The molecule has 5 aromatic rings. The van der Waals surface area contributed by atoms with Crippen LogP contribution in [-0.4, -0.2) is 37.8 Å². The molecule has 5 rings (SSSR count). The molecule has 0 atom stereocenters. The van der Waals surface area contributed by atoms with Gasteiger partial charge in [0, 0.05) is 42.2 Å². The second-order valence-corrected chi connectivity index (χ2v) is 7.61. The number of carbonyl (C=O) groups excluding carboxylic acids is 1. The van der Waals surface area contributed by atoms with Crippen LogP contribution in [0, 0.1) is 0 Å². The lowest BCUT2D eigenvalue weighted by molar-refractivity contribution is 0.0595. The van der Waals surface area contributed by atoms with E-state index in [2.05, 4.69) is 20.1 Å². The lowest BCUT2D eigenvalue weighted by Gasteiger charge is -2.09. The second-order valence-electron chi connectivity index (χ2n) is 7.61. The van der Waals surface area contributed by atoms with Crippen LogP contribution in [0.1, 0.15) is 16.3 Å². The lowest BCUT2D eigenvalue weighted by Crippen LogP contribution is -2.10. The fraction of sp³-hybridized carbons (Fsp3) is 0.115. The smallest absolute Gasteiger partial charge is 0.357 e. The van der Waals surface area contributed by atoms with Crippen LogP contribution in [-0.2, 0) is 18.4 Å². The van der Waals surface area contributed by atoms with Crippen molar-refractivity contribution in [2.75, 3.05) is 7.11 Å². The molecule has 0 aliphatic heterocycles. The molecule has 34 heavy (non-hydrogen) atoms. The van der Waals surface area contributed by atoms with Crippen LogP contribution < -0.4 is 4.74 Å². The highest BCUT2D eigenvalue weighted by Crippen LogP contribution is 2.31. The zero-order valence-electron chi connectivity index (χ0n) is 18.7. The topological polar surface area (TPSA) is 92.0 Å². The largest absolute Gasteiger partial charge is 0.486 e. The van der Waals surface area contributed by atoms with Gasteiger partial charge in [0.05, 0.1) is 12.6 Å².